The molecule has 0 bridgehead atoms. The van der Waals surface area contributed by atoms with Gasteiger partial charge in [0.05, 0.1) is 11.1 Å². The monoisotopic (exact) mass is 274 g/mol. The van der Waals surface area contributed by atoms with Gasteiger partial charge in [-0.05, 0) is 24.1 Å². The van der Waals surface area contributed by atoms with Gasteiger partial charge in [-0.3, -0.25) is 0 Å². The summed E-state index contributed by atoms with van der Waals surface area (Å²) in [5.74, 6) is 0. The van der Waals surface area contributed by atoms with Crippen LogP contribution in [0.25, 0.3) is 0 Å². The topological polar surface area (TPSA) is 0 Å². The molecule has 0 amide bonds. The summed E-state index contributed by atoms with van der Waals surface area (Å²) in [5.41, 5.74) is -3.30. The van der Waals surface area contributed by atoms with Crippen LogP contribution in [0.1, 0.15) is 23.6 Å². The highest BCUT2D eigenvalue weighted by Gasteiger charge is 2.40. The van der Waals surface area contributed by atoms with E-state index in [1.165, 1.54) is 6.92 Å². The highest BCUT2D eigenvalue weighted by molar-refractivity contribution is 7.80. The lowest BCUT2D eigenvalue weighted by molar-refractivity contribution is -0.144. The van der Waals surface area contributed by atoms with Gasteiger partial charge in [-0.15, -0.1) is 12.6 Å². The third-order valence-corrected chi connectivity index (χ3v) is 2.46. The highest BCUT2D eigenvalue weighted by Crippen LogP contribution is 2.41. The zero-order valence-electron chi connectivity index (χ0n) is 8.58. The van der Waals surface area contributed by atoms with Crippen LogP contribution in [0.4, 0.5) is 26.3 Å². The minimum Gasteiger partial charge on any atom is -0.166 e. The summed E-state index contributed by atoms with van der Waals surface area (Å²) < 4.78 is 75.5. The molecule has 0 aliphatic carbocycles. The van der Waals surface area contributed by atoms with Crippen molar-refractivity contribution in [2.45, 2.75) is 30.6 Å². The van der Waals surface area contributed by atoms with Gasteiger partial charge in [-0.25, -0.2) is 0 Å². The largest absolute Gasteiger partial charge is 0.416 e. The van der Waals surface area contributed by atoms with Gasteiger partial charge in [0.2, 0.25) is 0 Å². The van der Waals surface area contributed by atoms with E-state index in [1.54, 1.807) is 0 Å². The molecule has 0 unspecified atom stereocenters. The normalized spacial score (nSPS) is 12.9. The molecule has 0 heterocycles. The van der Waals surface area contributed by atoms with E-state index in [0.717, 1.165) is 0 Å². The number of benzene rings is 1. The summed E-state index contributed by atoms with van der Waals surface area (Å²) in [6.45, 7) is 1.25. The fourth-order valence-electron chi connectivity index (χ4n) is 1.54. The standard InChI is InChI=1S/C10H8F6S/c1-2-6-7(9(11,12)13)3-5(17)4-8(6)10(14,15)16/h3-4,17H,2H2,1H3. The first-order valence-corrected chi connectivity index (χ1v) is 5.02. The Balaban J connectivity index is 3.58. The van der Waals surface area contributed by atoms with Crippen LogP contribution in [0.5, 0.6) is 0 Å². The van der Waals surface area contributed by atoms with Crippen LogP contribution in [0.15, 0.2) is 17.0 Å². The maximum Gasteiger partial charge on any atom is 0.416 e. The number of hydrogen-bond donors (Lipinski definition) is 1. The predicted molar refractivity (Wildman–Crippen MR) is 53.1 cm³/mol. The summed E-state index contributed by atoms with van der Waals surface area (Å²) in [6, 6.07) is 1.22. The molecule has 0 nitrogen and oxygen atoms in total. The van der Waals surface area contributed by atoms with E-state index in [2.05, 4.69) is 12.6 Å². The van der Waals surface area contributed by atoms with Crippen molar-refractivity contribution in [3.63, 3.8) is 0 Å². The first-order valence-electron chi connectivity index (χ1n) is 4.57. The number of hydrogen-bond acceptors (Lipinski definition) is 1. The van der Waals surface area contributed by atoms with Crippen molar-refractivity contribution in [1.29, 1.82) is 0 Å². The Morgan fingerprint density at radius 3 is 1.53 bits per heavy atom. The zero-order chi connectivity index (χ0) is 13.4. The van der Waals surface area contributed by atoms with Gasteiger partial charge in [0.15, 0.2) is 0 Å². The van der Waals surface area contributed by atoms with E-state index in [9.17, 15) is 26.3 Å². The third kappa shape index (κ3) is 3.08. The first-order chi connectivity index (χ1) is 7.57. The molecule has 0 aliphatic heterocycles. The molecule has 1 aromatic carbocycles. The Kier molecular flexibility index (Phi) is 3.71. The van der Waals surface area contributed by atoms with E-state index in [0.29, 0.717) is 12.1 Å². The molecule has 1 aromatic rings. The molecule has 0 atom stereocenters. The van der Waals surface area contributed by atoms with E-state index >= 15 is 0 Å². The number of thiol groups is 1. The van der Waals surface area contributed by atoms with Crippen LogP contribution in [0.2, 0.25) is 0 Å². The Hall–Kier alpha value is -0.850. The average molecular weight is 274 g/mol. The second-order valence-electron chi connectivity index (χ2n) is 3.37. The summed E-state index contributed by atoms with van der Waals surface area (Å²) in [4.78, 5) is -0.359. The van der Waals surface area contributed by atoms with Crippen LogP contribution < -0.4 is 0 Å². The van der Waals surface area contributed by atoms with Crippen molar-refractivity contribution in [2.75, 3.05) is 0 Å². The maximum absolute atomic E-state index is 12.6. The third-order valence-electron chi connectivity index (χ3n) is 2.20. The zero-order valence-corrected chi connectivity index (χ0v) is 9.47. The van der Waals surface area contributed by atoms with Gasteiger partial charge in [-0.2, -0.15) is 26.3 Å². The average Bonchev–Trinajstić information content (AvgIpc) is 2.13. The molecule has 0 aromatic heterocycles. The number of halogens is 6. The second-order valence-corrected chi connectivity index (χ2v) is 3.88. The van der Waals surface area contributed by atoms with Crippen molar-refractivity contribution in [1.82, 2.24) is 0 Å². The van der Waals surface area contributed by atoms with Crippen LogP contribution in [-0.4, -0.2) is 0 Å². The minimum atomic E-state index is -4.82. The predicted octanol–water partition coefficient (Wildman–Crippen LogP) is 4.58. The van der Waals surface area contributed by atoms with E-state index in [1.807, 2.05) is 0 Å². The molecule has 96 valence electrons. The molecule has 0 radical (unpaired) electrons. The Bertz CT molecular complexity index is 383. The van der Waals surface area contributed by atoms with E-state index < -0.39 is 29.0 Å². The molecular formula is C10H8F6S. The molecule has 1 rings (SSSR count). The molecule has 17 heavy (non-hydrogen) atoms. The molecule has 0 aliphatic rings. The van der Waals surface area contributed by atoms with Crippen molar-refractivity contribution in [2.24, 2.45) is 0 Å². The van der Waals surface area contributed by atoms with E-state index in [-0.39, 0.29) is 11.3 Å². The van der Waals surface area contributed by atoms with Crippen molar-refractivity contribution < 1.29 is 26.3 Å². The molecule has 0 fully saturated rings. The SMILES string of the molecule is CCc1c(C(F)(F)F)cc(S)cc1C(F)(F)F. The molecule has 0 spiro atoms. The summed E-state index contributed by atoms with van der Waals surface area (Å²) >= 11 is 3.57. The fourth-order valence-corrected chi connectivity index (χ4v) is 1.80. The lowest BCUT2D eigenvalue weighted by Crippen LogP contribution is -2.16. The Morgan fingerprint density at radius 1 is 0.941 bits per heavy atom. The number of alkyl halides is 6. The van der Waals surface area contributed by atoms with Gasteiger partial charge in [-0.1, -0.05) is 6.92 Å². The van der Waals surface area contributed by atoms with E-state index in [4.69, 9.17) is 0 Å². The van der Waals surface area contributed by atoms with Crippen molar-refractivity contribution in [3.8, 4) is 0 Å². The number of rotatable bonds is 1. The van der Waals surface area contributed by atoms with Crippen LogP contribution in [0.3, 0.4) is 0 Å². The lowest BCUT2D eigenvalue weighted by Gasteiger charge is -2.18. The lowest BCUT2D eigenvalue weighted by atomic mass is 9.98. The molecule has 0 saturated carbocycles. The van der Waals surface area contributed by atoms with Gasteiger partial charge >= 0.3 is 12.4 Å². The maximum atomic E-state index is 12.6. The molecular weight excluding hydrogens is 266 g/mol. The molecule has 0 saturated heterocycles. The smallest absolute Gasteiger partial charge is 0.166 e. The van der Waals surface area contributed by atoms with Crippen LogP contribution >= 0.6 is 12.6 Å². The second kappa shape index (κ2) is 4.44. The molecule has 7 heteroatoms. The fraction of sp³-hybridized carbons (Fsp3) is 0.400. The highest BCUT2D eigenvalue weighted by atomic mass is 32.1. The van der Waals surface area contributed by atoms with Gasteiger partial charge in [0.1, 0.15) is 0 Å². The van der Waals surface area contributed by atoms with Crippen LogP contribution in [0, 0.1) is 0 Å². The van der Waals surface area contributed by atoms with Gasteiger partial charge < -0.3 is 0 Å². The van der Waals surface area contributed by atoms with Crippen molar-refractivity contribution >= 4 is 12.6 Å². The summed E-state index contributed by atoms with van der Waals surface area (Å²) in [5, 5.41) is 0. The summed E-state index contributed by atoms with van der Waals surface area (Å²) in [7, 11) is 0. The quantitative estimate of drug-likeness (QED) is 0.562. The Morgan fingerprint density at radius 2 is 1.29 bits per heavy atom. The van der Waals surface area contributed by atoms with Gasteiger partial charge in [0.25, 0.3) is 0 Å². The Labute approximate surface area is 99.0 Å². The van der Waals surface area contributed by atoms with Crippen molar-refractivity contribution in [3.05, 3.63) is 28.8 Å². The summed E-state index contributed by atoms with van der Waals surface area (Å²) in [6.07, 6.45) is -9.98. The molecule has 0 N–H and O–H groups in total. The first kappa shape index (κ1) is 14.2. The minimum absolute atomic E-state index is 0.349. The van der Waals surface area contributed by atoms with Crippen LogP contribution in [-0.2, 0) is 18.8 Å². The van der Waals surface area contributed by atoms with Gasteiger partial charge in [0, 0.05) is 4.90 Å².